The van der Waals surface area contributed by atoms with E-state index in [1.807, 2.05) is 0 Å². The molecule has 5 saturated carbocycles. The fraction of sp³-hybridized carbons (Fsp3) is 0.900. The van der Waals surface area contributed by atoms with E-state index in [1.54, 1.807) is 0 Å². The quantitative estimate of drug-likeness (QED) is 0.464. The van der Waals surface area contributed by atoms with Crippen molar-refractivity contribution in [3.63, 3.8) is 0 Å². The molecule has 0 saturated heterocycles. The second-order valence-electron chi connectivity index (χ2n) is 14.3. The Bertz CT molecular complexity index is 836. The Balaban J connectivity index is 1.44. The summed E-state index contributed by atoms with van der Waals surface area (Å²) in [6.45, 7) is 16.4. The number of hydrogen-bond donors (Lipinski definition) is 1. The van der Waals surface area contributed by atoms with Gasteiger partial charge in [-0.05, 0) is 117 Å². The molecule has 5 aliphatic rings. The van der Waals surface area contributed by atoms with Crippen LogP contribution in [-0.2, 0) is 4.79 Å². The average molecular weight is 441 g/mol. The van der Waals surface area contributed by atoms with Gasteiger partial charge in [0.05, 0.1) is 6.10 Å². The lowest BCUT2D eigenvalue weighted by Crippen LogP contribution is -2.57. The molecule has 5 aliphatic carbocycles. The van der Waals surface area contributed by atoms with Gasteiger partial charge in [-0.2, -0.15) is 0 Å². The normalized spacial score (nSPS) is 51.7. The standard InChI is InChI=1S/C30H48O2/c1-19(2)9-8-10-20(3)25-21(31)17-28(7)23-12-11-22-26(4,5)24(32)13-14-29(22)18-30(23,29)16-15-27(25,28)6/h9,20-23,25,31H,8,10-18H2,1-7H3/t20-,21+,22+,23+,25+,27-,28+,29-,30+/m1/s1. The molecule has 0 amide bonds. The molecule has 2 nitrogen and oxygen atoms in total. The summed E-state index contributed by atoms with van der Waals surface area (Å²) in [6.07, 6.45) is 14.0. The molecule has 9 atom stereocenters. The monoisotopic (exact) mass is 440 g/mol. The first-order chi connectivity index (χ1) is 14.9. The van der Waals surface area contributed by atoms with Gasteiger partial charge in [-0.1, -0.05) is 46.3 Å². The fourth-order valence-electron chi connectivity index (χ4n) is 11.1. The number of hydrogen-bond acceptors (Lipinski definition) is 2. The van der Waals surface area contributed by atoms with Crippen LogP contribution in [0.4, 0.5) is 0 Å². The number of rotatable bonds is 4. The van der Waals surface area contributed by atoms with E-state index in [4.69, 9.17) is 0 Å². The molecule has 0 aromatic rings. The van der Waals surface area contributed by atoms with Crippen LogP contribution < -0.4 is 0 Å². The SMILES string of the molecule is CC(C)=CCC[C@@H](C)[C@H]1[C@@H](O)C[C@@]2(C)[C@@H]3CC[C@H]4C(C)(C)C(=O)CC[C@@]45C[C@@]35CC[C@]12C. The molecule has 0 aromatic heterocycles. The van der Waals surface area contributed by atoms with Gasteiger partial charge >= 0.3 is 0 Å². The molecule has 2 heteroatoms. The van der Waals surface area contributed by atoms with Crippen molar-refractivity contribution in [1.82, 2.24) is 0 Å². The molecule has 0 unspecified atom stereocenters. The highest BCUT2D eigenvalue weighted by atomic mass is 16.3. The Morgan fingerprint density at radius 1 is 1.03 bits per heavy atom. The maximum absolute atomic E-state index is 12.8. The Morgan fingerprint density at radius 2 is 1.69 bits per heavy atom. The molecule has 180 valence electrons. The lowest BCUT2D eigenvalue weighted by molar-refractivity contribution is -0.157. The van der Waals surface area contributed by atoms with Gasteiger partial charge in [0.1, 0.15) is 5.78 Å². The van der Waals surface area contributed by atoms with Gasteiger partial charge in [0.15, 0.2) is 0 Å². The van der Waals surface area contributed by atoms with Crippen LogP contribution in [0, 0.1) is 50.7 Å². The summed E-state index contributed by atoms with van der Waals surface area (Å²) in [5.74, 6) is 2.83. The first kappa shape index (κ1) is 23.1. The van der Waals surface area contributed by atoms with Crippen molar-refractivity contribution in [1.29, 1.82) is 0 Å². The van der Waals surface area contributed by atoms with Crippen molar-refractivity contribution in [3.8, 4) is 0 Å². The van der Waals surface area contributed by atoms with E-state index in [9.17, 15) is 9.90 Å². The highest BCUT2D eigenvalue weighted by Gasteiger charge is 2.82. The first-order valence-electron chi connectivity index (χ1n) is 13.7. The smallest absolute Gasteiger partial charge is 0.138 e. The summed E-state index contributed by atoms with van der Waals surface area (Å²) in [4.78, 5) is 12.8. The molecule has 0 radical (unpaired) electrons. The van der Waals surface area contributed by atoms with Crippen LogP contribution >= 0.6 is 0 Å². The molecule has 0 aromatic carbocycles. The Morgan fingerprint density at radius 3 is 2.38 bits per heavy atom. The third kappa shape index (κ3) is 2.65. The largest absolute Gasteiger partial charge is 0.393 e. The van der Waals surface area contributed by atoms with Crippen LogP contribution in [0.5, 0.6) is 0 Å². The van der Waals surface area contributed by atoms with E-state index in [0.717, 1.165) is 31.6 Å². The number of allylic oxidation sites excluding steroid dienone is 2. The highest BCUT2D eigenvalue weighted by Crippen LogP contribution is 2.88. The number of aliphatic hydroxyl groups is 1. The summed E-state index contributed by atoms with van der Waals surface area (Å²) in [5, 5.41) is 11.5. The molecule has 32 heavy (non-hydrogen) atoms. The Labute approximate surface area is 197 Å². The van der Waals surface area contributed by atoms with Crippen LogP contribution in [0.1, 0.15) is 113 Å². The van der Waals surface area contributed by atoms with Gasteiger partial charge in [-0.3, -0.25) is 4.79 Å². The van der Waals surface area contributed by atoms with Gasteiger partial charge < -0.3 is 5.11 Å². The zero-order valence-electron chi connectivity index (χ0n) is 21.9. The van der Waals surface area contributed by atoms with Gasteiger partial charge in [0, 0.05) is 11.8 Å². The second kappa shape index (κ2) is 6.96. The predicted octanol–water partition coefficient (Wildman–Crippen LogP) is 7.35. The van der Waals surface area contributed by atoms with E-state index < -0.39 is 0 Å². The molecule has 0 heterocycles. The van der Waals surface area contributed by atoms with Crippen molar-refractivity contribution in [2.45, 2.75) is 119 Å². The minimum atomic E-state index is -0.154. The van der Waals surface area contributed by atoms with Crippen molar-refractivity contribution >= 4 is 5.78 Å². The maximum Gasteiger partial charge on any atom is 0.138 e. The average Bonchev–Trinajstić information content (AvgIpc) is 3.30. The van der Waals surface area contributed by atoms with Crippen LogP contribution in [0.2, 0.25) is 0 Å². The number of ketones is 1. The van der Waals surface area contributed by atoms with Crippen LogP contribution in [0.3, 0.4) is 0 Å². The molecular weight excluding hydrogens is 392 g/mol. The van der Waals surface area contributed by atoms with E-state index in [-0.39, 0.29) is 22.3 Å². The first-order valence-corrected chi connectivity index (χ1v) is 13.7. The highest BCUT2D eigenvalue weighted by molar-refractivity contribution is 5.86. The molecule has 1 N–H and O–H groups in total. The lowest BCUT2D eigenvalue weighted by atomic mass is 9.42. The van der Waals surface area contributed by atoms with Crippen molar-refractivity contribution in [3.05, 3.63) is 11.6 Å². The van der Waals surface area contributed by atoms with E-state index in [1.165, 1.54) is 44.1 Å². The van der Waals surface area contributed by atoms with Gasteiger partial charge in [0.25, 0.3) is 0 Å². The second-order valence-corrected chi connectivity index (χ2v) is 14.3. The fourth-order valence-corrected chi connectivity index (χ4v) is 11.1. The maximum atomic E-state index is 12.8. The topological polar surface area (TPSA) is 37.3 Å². The molecule has 0 bridgehead atoms. The minimum absolute atomic E-state index is 0.133. The minimum Gasteiger partial charge on any atom is -0.393 e. The van der Waals surface area contributed by atoms with Gasteiger partial charge in [-0.15, -0.1) is 0 Å². The third-order valence-corrected chi connectivity index (χ3v) is 12.7. The van der Waals surface area contributed by atoms with Crippen LogP contribution in [0.15, 0.2) is 11.6 Å². The summed E-state index contributed by atoms with van der Waals surface area (Å²) >= 11 is 0. The number of fused-ring (bicyclic) bond motifs is 2. The Hall–Kier alpha value is -0.630. The van der Waals surface area contributed by atoms with E-state index >= 15 is 0 Å². The number of Topliss-reactive ketones (excluding diaryl/α,β-unsaturated/α-hetero) is 1. The molecular formula is C30H48O2. The molecule has 5 rings (SSSR count). The van der Waals surface area contributed by atoms with Gasteiger partial charge in [-0.25, -0.2) is 0 Å². The summed E-state index contributed by atoms with van der Waals surface area (Å²) in [5.41, 5.74) is 2.64. The predicted molar refractivity (Wildman–Crippen MR) is 131 cm³/mol. The van der Waals surface area contributed by atoms with Crippen molar-refractivity contribution in [2.75, 3.05) is 0 Å². The van der Waals surface area contributed by atoms with E-state index in [2.05, 4.69) is 54.5 Å². The number of carbonyl (C=O) groups is 1. The molecule has 5 fully saturated rings. The van der Waals surface area contributed by atoms with Gasteiger partial charge in [0.2, 0.25) is 0 Å². The summed E-state index contributed by atoms with van der Waals surface area (Å²) in [7, 11) is 0. The lowest BCUT2D eigenvalue weighted by Gasteiger charge is -2.62. The third-order valence-electron chi connectivity index (χ3n) is 12.7. The summed E-state index contributed by atoms with van der Waals surface area (Å²) in [6, 6.07) is 0. The Kier molecular flexibility index (Phi) is 5.03. The van der Waals surface area contributed by atoms with Crippen LogP contribution in [0.25, 0.3) is 0 Å². The zero-order valence-corrected chi connectivity index (χ0v) is 21.9. The zero-order chi connectivity index (χ0) is 23.3. The number of aliphatic hydroxyl groups excluding tert-OH is 1. The molecule has 0 aliphatic heterocycles. The van der Waals surface area contributed by atoms with Crippen LogP contribution in [-0.4, -0.2) is 17.0 Å². The van der Waals surface area contributed by atoms with E-state index in [0.29, 0.717) is 34.4 Å². The van der Waals surface area contributed by atoms with Crippen molar-refractivity contribution in [2.24, 2.45) is 50.7 Å². The number of carbonyl (C=O) groups excluding carboxylic acids is 1. The molecule has 2 spiro atoms. The summed E-state index contributed by atoms with van der Waals surface area (Å²) < 4.78 is 0. The van der Waals surface area contributed by atoms with Crippen molar-refractivity contribution < 1.29 is 9.90 Å².